The van der Waals surface area contributed by atoms with Crippen LogP contribution in [0.1, 0.15) is 11.1 Å². The predicted molar refractivity (Wildman–Crippen MR) is 88.5 cm³/mol. The third-order valence-corrected chi connectivity index (χ3v) is 2.99. The summed E-state index contributed by atoms with van der Waals surface area (Å²) in [6.45, 7) is 4.33. The highest BCUT2D eigenvalue weighted by Crippen LogP contribution is 2.05. The second kappa shape index (κ2) is 14.9. The molecule has 134 valence electrons. The molecule has 0 aliphatic rings. The van der Waals surface area contributed by atoms with Gasteiger partial charge in [-0.25, -0.2) is 0 Å². The number of hydrogen-bond donors (Lipinski definition) is 1. The van der Waals surface area contributed by atoms with Gasteiger partial charge in [0.05, 0.1) is 59.5 Å². The van der Waals surface area contributed by atoms with Crippen molar-refractivity contribution in [3.05, 3.63) is 45.8 Å². The first-order valence-electron chi connectivity index (χ1n) is 7.87. The maximum Gasteiger partial charge on any atom is 0.0718 e. The number of azide groups is 1. The number of aliphatic hydroxyl groups excluding tert-OH is 1. The quantitative estimate of drug-likeness (QED) is 0.228. The van der Waals surface area contributed by atoms with Crippen LogP contribution in [0.15, 0.2) is 29.4 Å². The van der Waals surface area contributed by atoms with Crippen molar-refractivity contribution < 1.29 is 24.1 Å². The van der Waals surface area contributed by atoms with Crippen LogP contribution in [0, 0.1) is 0 Å². The molecular weight excluding hydrogens is 314 g/mol. The molecule has 0 aliphatic heterocycles. The number of aliphatic hydroxyl groups is 1. The fourth-order valence-electron chi connectivity index (χ4n) is 1.74. The van der Waals surface area contributed by atoms with Crippen molar-refractivity contribution in [1.82, 2.24) is 0 Å². The van der Waals surface area contributed by atoms with Crippen molar-refractivity contribution in [2.75, 3.05) is 52.8 Å². The van der Waals surface area contributed by atoms with Gasteiger partial charge in [-0.05, 0) is 16.7 Å². The normalized spacial score (nSPS) is 10.5. The molecule has 1 aromatic rings. The van der Waals surface area contributed by atoms with Gasteiger partial charge in [0.1, 0.15) is 0 Å². The van der Waals surface area contributed by atoms with E-state index in [0.717, 1.165) is 11.1 Å². The number of ether oxygens (including phenoxy) is 4. The fraction of sp³-hybridized carbons (Fsp3) is 0.625. The van der Waals surface area contributed by atoms with Crippen LogP contribution in [0.4, 0.5) is 0 Å². The molecular formula is C16H25N3O5. The van der Waals surface area contributed by atoms with E-state index in [4.69, 9.17) is 29.6 Å². The molecule has 0 spiro atoms. The Bertz CT molecular complexity index is 463. The molecule has 0 saturated heterocycles. The highest BCUT2D eigenvalue weighted by molar-refractivity contribution is 5.21. The summed E-state index contributed by atoms with van der Waals surface area (Å²) >= 11 is 0. The highest BCUT2D eigenvalue weighted by Gasteiger charge is 1.95. The van der Waals surface area contributed by atoms with Crippen molar-refractivity contribution in [2.24, 2.45) is 5.11 Å². The Hall–Kier alpha value is -1.67. The largest absolute Gasteiger partial charge is 0.392 e. The van der Waals surface area contributed by atoms with E-state index >= 15 is 0 Å². The number of hydrogen-bond acceptors (Lipinski definition) is 6. The van der Waals surface area contributed by atoms with E-state index < -0.39 is 0 Å². The van der Waals surface area contributed by atoms with Gasteiger partial charge in [0, 0.05) is 11.5 Å². The Morgan fingerprint density at radius 3 is 1.83 bits per heavy atom. The average Bonchev–Trinajstić information content (AvgIpc) is 2.62. The van der Waals surface area contributed by atoms with Gasteiger partial charge in [-0.2, -0.15) is 0 Å². The molecule has 0 atom stereocenters. The molecule has 0 amide bonds. The van der Waals surface area contributed by atoms with Gasteiger partial charge in [-0.15, -0.1) is 0 Å². The van der Waals surface area contributed by atoms with E-state index in [1.807, 2.05) is 24.3 Å². The smallest absolute Gasteiger partial charge is 0.0718 e. The monoisotopic (exact) mass is 339 g/mol. The molecule has 8 nitrogen and oxygen atoms in total. The highest BCUT2D eigenvalue weighted by atomic mass is 16.6. The average molecular weight is 339 g/mol. The first kappa shape index (κ1) is 20.4. The van der Waals surface area contributed by atoms with Crippen LogP contribution < -0.4 is 0 Å². The molecule has 24 heavy (non-hydrogen) atoms. The molecule has 0 saturated carbocycles. The number of rotatable bonds is 15. The van der Waals surface area contributed by atoms with Crippen LogP contribution in [0.5, 0.6) is 0 Å². The second-order valence-electron chi connectivity index (χ2n) is 4.82. The minimum atomic E-state index is 0.0545. The predicted octanol–water partition coefficient (Wildman–Crippen LogP) is 2.06. The Balaban J connectivity index is 1.82. The summed E-state index contributed by atoms with van der Waals surface area (Å²) < 4.78 is 21.4. The Morgan fingerprint density at radius 2 is 1.29 bits per heavy atom. The van der Waals surface area contributed by atoms with Crippen LogP contribution in [-0.4, -0.2) is 57.9 Å². The Kier molecular flexibility index (Phi) is 12.6. The van der Waals surface area contributed by atoms with Crippen LogP contribution in [0.3, 0.4) is 0 Å². The summed E-state index contributed by atoms with van der Waals surface area (Å²) in [6, 6.07) is 7.64. The van der Waals surface area contributed by atoms with E-state index in [9.17, 15) is 0 Å². The van der Waals surface area contributed by atoms with Crippen molar-refractivity contribution in [1.29, 1.82) is 0 Å². The second-order valence-corrected chi connectivity index (χ2v) is 4.82. The molecule has 1 N–H and O–H groups in total. The fourth-order valence-corrected chi connectivity index (χ4v) is 1.74. The summed E-state index contributed by atoms with van der Waals surface area (Å²) in [6.07, 6.45) is 0. The Labute approximate surface area is 141 Å². The van der Waals surface area contributed by atoms with Crippen LogP contribution >= 0.6 is 0 Å². The maximum absolute atomic E-state index is 8.96. The van der Waals surface area contributed by atoms with E-state index in [-0.39, 0.29) is 6.61 Å². The SMILES string of the molecule is [N-]=[N+]=NCCOCCOCCOCCOCc1ccc(CO)cc1. The summed E-state index contributed by atoms with van der Waals surface area (Å²) in [4.78, 5) is 2.63. The summed E-state index contributed by atoms with van der Waals surface area (Å²) in [5.74, 6) is 0. The minimum absolute atomic E-state index is 0.0545. The topological polar surface area (TPSA) is 106 Å². The molecule has 0 heterocycles. The molecule has 0 radical (unpaired) electrons. The third kappa shape index (κ3) is 11.0. The zero-order valence-electron chi connectivity index (χ0n) is 13.8. The van der Waals surface area contributed by atoms with Crippen LogP contribution in [0.25, 0.3) is 10.4 Å². The summed E-state index contributed by atoms with van der Waals surface area (Å²) in [5, 5.41) is 12.3. The molecule has 1 rings (SSSR count). The van der Waals surface area contributed by atoms with Crippen molar-refractivity contribution in [3.63, 3.8) is 0 Å². The van der Waals surface area contributed by atoms with Crippen molar-refractivity contribution >= 4 is 0 Å². The first-order chi connectivity index (χ1) is 11.9. The molecule has 0 aliphatic carbocycles. The maximum atomic E-state index is 8.96. The molecule has 0 bridgehead atoms. The lowest BCUT2D eigenvalue weighted by Crippen LogP contribution is -2.12. The molecule has 8 heteroatoms. The van der Waals surface area contributed by atoms with Gasteiger partial charge >= 0.3 is 0 Å². The first-order valence-corrected chi connectivity index (χ1v) is 7.87. The lowest BCUT2D eigenvalue weighted by atomic mass is 10.1. The van der Waals surface area contributed by atoms with Crippen molar-refractivity contribution in [2.45, 2.75) is 13.2 Å². The van der Waals surface area contributed by atoms with Crippen LogP contribution in [-0.2, 0) is 32.2 Å². The van der Waals surface area contributed by atoms with Gasteiger partial charge < -0.3 is 24.1 Å². The molecule has 0 fully saturated rings. The number of nitrogens with zero attached hydrogens (tertiary/aromatic N) is 3. The molecule has 0 unspecified atom stereocenters. The van der Waals surface area contributed by atoms with E-state index in [1.54, 1.807) is 0 Å². The zero-order chi connectivity index (χ0) is 17.3. The van der Waals surface area contributed by atoms with Gasteiger partial charge in [-0.3, -0.25) is 0 Å². The van der Waals surface area contributed by atoms with E-state index in [0.29, 0.717) is 59.4 Å². The van der Waals surface area contributed by atoms with E-state index in [2.05, 4.69) is 10.0 Å². The lowest BCUT2D eigenvalue weighted by Gasteiger charge is -2.07. The number of benzene rings is 1. The van der Waals surface area contributed by atoms with Gasteiger partial charge in [-0.1, -0.05) is 29.4 Å². The summed E-state index contributed by atoms with van der Waals surface area (Å²) in [5.41, 5.74) is 10.0. The Morgan fingerprint density at radius 1 is 0.792 bits per heavy atom. The van der Waals surface area contributed by atoms with E-state index in [1.165, 1.54) is 0 Å². The lowest BCUT2D eigenvalue weighted by molar-refractivity contribution is -0.00335. The minimum Gasteiger partial charge on any atom is -0.392 e. The van der Waals surface area contributed by atoms with Crippen molar-refractivity contribution in [3.8, 4) is 0 Å². The third-order valence-electron chi connectivity index (χ3n) is 2.99. The zero-order valence-corrected chi connectivity index (χ0v) is 13.8. The van der Waals surface area contributed by atoms with Gasteiger partial charge in [0.2, 0.25) is 0 Å². The van der Waals surface area contributed by atoms with Crippen LogP contribution in [0.2, 0.25) is 0 Å². The standard InChI is InChI=1S/C16H25N3O5/c17-19-18-5-6-21-7-8-22-9-10-23-11-12-24-14-16-3-1-15(13-20)2-4-16/h1-4,20H,5-14H2. The van der Waals surface area contributed by atoms with Gasteiger partial charge in [0.25, 0.3) is 0 Å². The molecule has 1 aromatic carbocycles. The van der Waals surface area contributed by atoms with Gasteiger partial charge in [0.15, 0.2) is 0 Å². The summed E-state index contributed by atoms with van der Waals surface area (Å²) in [7, 11) is 0. The molecule has 0 aromatic heterocycles.